The van der Waals surface area contributed by atoms with Gasteiger partial charge in [0, 0.05) is 0 Å². The first-order valence-corrected chi connectivity index (χ1v) is 8.54. The molecular formula is C21H14Eu. The zero-order valence-corrected chi connectivity index (χ0v) is 14.4. The Morgan fingerprint density at radius 3 is 1.41 bits per heavy atom. The van der Waals surface area contributed by atoms with E-state index in [4.69, 9.17) is 0 Å². The molecule has 0 saturated heterocycles. The number of rotatable bonds is 2. The van der Waals surface area contributed by atoms with Crippen LogP contribution in [0.1, 0.15) is 11.1 Å². The number of benzene rings is 4. The molecule has 4 rings (SSSR count). The number of fused-ring (bicyclic) bond motifs is 2. The van der Waals surface area contributed by atoms with Gasteiger partial charge in [-0.2, -0.15) is 0 Å². The summed E-state index contributed by atoms with van der Waals surface area (Å²) in [5, 5.41) is 5.26. The molecule has 4 aromatic rings. The Labute approximate surface area is 162 Å². The molecule has 0 spiro atoms. The van der Waals surface area contributed by atoms with Gasteiger partial charge in [-0.3, -0.25) is 0 Å². The topological polar surface area (TPSA) is 0 Å². The van der Waals surface area contributed by atoms with Gasteiger partial charge in [0.1, 0.15) is 0 Å². The van der Waals surface area contributed by atoms with Crippen LogP contribution in [0, 0.1) is 46.5 Å². The summed E-state index contributed by atoms with van der Waals surface area (Å²) in [6, 6.07) is 30.4. The molecule has 0 aliphatic rings. The zero-order chi connectivity index (χ0) is 14.9. The molecule has 0 N–H and O–H groups in total. The van der Waals surface area contributed by atoms with Gasteiger partial charge in [0.15, 0.2) is 0 Å². The molecule has 0 aliphatic heterocycles. The first-order chi connectivity index (χ1) is 10.8. The molecule has 0 saturated carbocycles. The van der Waals surface area contributed by atoms with Crippen molar-refractivity contribution in [2.45, 2.75) is 0 Å². The predicted octanol–water partition coefficient (Wildman–Crippen LogP) is 5.11. The van der Waals surface area contributed by atoms with Crippen molar-refractivity contribution in [2.24, 2.45) is 0 Å². The van der Waals surface area contributed by atoms with Crippen LogP contribution in [0.4, 0.5) is 0 Å². The summed E-state index contributed by atoms with van der Waals surface area (Å²) < 4.78 is 1.38. The van der Waals surface area contributed by atoms with Crippen LogP contribution in [0.5, 0.6) is 0 Å². The Morgan fingerprint density at radius 1 is 0.500 bits per heavy atom. The van der Waals surface area contributed by atoms with Gasteiger partial charge in [-0.15, -0.1) is 0 Å². The van der Waals surface area contributed by atoms with Gasteiger partial charge in [-0.25, -0.2) is 0 Å². The molecule has 0 nitrogen and oxygen atoms in total. The average molecular weight is 418 g/mol. The third-order valence-electron chi connectivity index (χ3n) is 4.05. The Kier molecular flexibility index (Phi) is 4.04. The molecule has 0 heterocycles. The molecule has 0 fully saturated rings. The van der Waals surface area contributed by atoms with Crippen LogP contribution < -0.4 is 0 Å². The van der Waals surface area contributed by atoms with Gasteiger partial charge >= 0.3 is 164 Å². The fraction of sp³-hybridized carbons (Fsp3) is 0. The second-order valence-electron chi connectivity index (χ2n) is 5.37. The molecule has 0 bridgehead atoms. The average Bonchev–Trinajstić information content (AvgIpc) is 2.60. The van der Waals surface area contributed by atoms with Gasteiger partial charge in [-0.05, 0) is 0 Å². The second kappa shape index (κ2) is 6.16. The van der Waals surface area contributed by atoms with Gasteiger partial charge in [0.05, 0.1) is 0 Å². The Bertz CT molecular complexity index is 907. The van der Waals surface area contributed by atoms with Crippen molar-refractivity contribution in [3.63, 3.8) is 0 Å². The fourth-order valence-corrected chi connectivity index (χ4v) is 4.04. The van der Waals surface area contributed by atoms with Gasteiger partial charge in [0.25, 0.3) is 0 Å². The van der Waals surface area contributed by atoms with E-state index in [1.165, 1.54) is 32.5 Å². The van der Waals surface area contributed by atoms with Crippen LogP contribution in [-0.2, 0) is 0 Å². The molecular weight excluding hydrogens is 404 g/mol. The third kappa shape index (κ3) is 2.52. The van der Waals surface area contributed by atoms with Gasteiger partial charge < -0.3 is 0 Å². The minimum atomic E-state index is 1.30. The first kappa shape index (κ1) is 14.4. The van der Waals surface area contributed by atoms with Crippen LogP contribution in [0.2, 0.25) is 0 Å². The van der Waals surface area contributed by atoms with E-state index in [2.05, 4.69) is 84.9 Å². The van der Waals surface area contributed by atoms with Crippen LogP contribution >= 0.6 is 0 Å². The Balaban J connectivity index is 1.97. The predicted molar refractivity (Wildman–Crippen MR) is 91.1 cm³/mol. The van der Waals surface area contributed by atoms with E-state index < -0.39 is 0 Å². The summed E-state index contributed by atoms with van der Waals surface area (Å²) >= 11 is 1.74. The quantitative estimate of drug-likeness (QED) is 0.425. The van der Waals surface area contributed by atoms with E-state index >= 15 is 0 Å². The molecule has 1 heteroatoms. The van der Waals surface area contributed by atoms with E-state index in [9.17, 15) is 0 Å². The van der Waals surface area contributed by atoms with Crippen LogP contribution in [0.15, 0.2) is 84.9 Å². The Morgan fingerprint density at radius 2 is 0.909 bits per heavy atom. The minimum absolute atomic E-state index is 1.30. The molecule has 0 atom stereocenters. The summed E-state index contributed by atoms with van der Waals surface area (Å²) in [5.74, 6) is 0. The molecule has 0 aromatic heterocycles. The monoisotopic (exact) mass is 419 g/mol. The van der Waals surface area contributed by atoms with Crippen molar-refractivity contribution in [1.82, 2.24) is 0 Å². The van der Waals surface area contributed by atoms with Crippen molar-refractivity contribution in [2.75, 3.05) is 0 Å². The van der Waals surface area contributed by atoms with Crippen molar-refractivity contribution in [1.29, 1.82) is 0 Å². The van der Waals surface area contributed by atoms with Crippen molar-refractivity contribution in [3.8, 4) is 0 Å². The van der Waals surface area contributed by atoms with Gasteiger partial charge in [-0.1, -0.05) is 0 Å². The molecule has 0 aliphatic carbocycles. The van der Waals surface area contributed by atoms with E-state index in [1.54, 1.807) is 46.5 Å². The second-order valence-corrected chi connectivity index (χ2v) is 6.58. The third-order valence-corrected chi connectivity index (χ3v) is 5.36. The molecule has 0 amide bonds. The molecule has 4 aromatic carbocycles. The van der Waals surface area contributed by atoms with Crippen molar-refractivity contribution >= 4 is 21.4 Å². The summed E-state index contributed by atoms with van der Waals surface area (Å²) in [6.45, 7) is 0. The maximum absolute atomic E-state index is 2.24. The van der Waals surface area contributed by atoms with E-state index in [1.807, 2.05) is 0 Å². The van der Waals surface area contributed by atoms with Crippen LogP contribution in [0.3, 0.4) is 0 Å². The molecule has 105 valence electrons. The molecule has 0 unspecified atom stereocenters. The van der Waals surface area contributed by atoms with E-state index in [-0.39, 0.29) is 0 Å². The van der Waals surface area contributed by atoms with Gasteiger partial charge in [0.2, 0.25) is 0 Å². The summed E-state index contributed by atoms with van der Waals surface area (Å²) in [6.07, 6.45) is 0. The Hall–Kier alpha value is -1.15. The normalized spacial score (nSPS) is 10.9. The summed E-state index contributed by atoms with van der Waals surface area (Å²) in [5.41, 5.74) is 2.68. The number of hydrogen-bond acceptors (Lipinski definition) is 0. The molecule has 22 heavy (non-hydrogen) atoms. The zero-order valence-electron chi connectivity index (χ0n) is 12.0. The van der Waals surface area contributed by atoms with Crippen molar-refractivity contribution in [3.05, 3.63) is 96.1 Å². The summed E-state index contributed by atoms with van der Waals surface area (Å²) in [4.78, 5) is 0. The molecule has 0 radical (unpaired) electrons. The van der Waals surface area contributed by atoms with Crippen molar-refractivity contribution < 1.29 is 46.5 Å². The van der Waals surface area contributed by atoms with Crippen LogP contribution in [0.25, 0.3) is 21.5 Å². The van der Waals surface area contributed by atoms with Crippen LogP contribution in [-0.4, -0.2) is -0.131 Å². The van der Waals surface area contributed by atoms with E-state index in [0.29, 0.717) is 0 Å². The maximum atomic E-state index is 2.24. The first-order valence-electron chi connectivity index (χ1n) is 7.33. The standard InChI is InChI=1S/C21H14.Eu/c1-3-13-20-16(7-1)9-5-11-18(20)15-19-12-6-10-17-8-2-4-14-21(17)19;/h1-14H;. The van der Waals surface area contributed by atoms with E-state index in [0.717, 1.165) is 0 Å². The summed E-state index contributed by atoms with van der Waals surface area (Å²) in [7, 11) is 0. The SMILES string of the molecule is [Eu]=[C](c1cccc2ccccc12)c1cccc2ccccc12. The fourth-order valence-electron chi connectivity index (χ4n) is 2.98. The number of hydrogen-bond donors (Lipinski definition) is 0.